The molecule has 0 bridgehead atoms. The second-order valence-electron chi connectivity index (χ2n) is 5.65. The summed E-state index contributed by atoms with van der Waals surface area (Å²) >= 11 is 5.89. The summed E-state index contributed by atoms with van der Waals surface area (Å²) in [6.07, 6.45) is 2.42. The molecule has 1 aromatic carbocycles. The van der Waals surface area contributed by atoms with Crippen LogP contribution in [0.5, 0.6) is 0 Å². The molecule has 1 aliphatic rings. The van der Waals surface area contributed by atoms with E-state index in [2.05, 4.69) is 10.00 Å². The molecule has 0 atom stereocenters. The highest BCUT2D eigenvalue weighted by atomic mass is 35.5. The average Bonchev–Trinajstić information content (AvgIpc) is 3.07. The maximum Gasteiger partial charge on any atom is 0.344 e. The summed E-state index contributed by atoms with van der Waals surface area (Å²) < 4.78 is 1.08. The number of amides is 1. The average molecular weight is 349 g/mol. The van der Waals surface area contributed by atoms with Crippen LogP contribution in [-0.4, -0.2) is 62.9 Å². The van der Waals surface area contributed by atoms with Crippen molar-refractivity contribution in [2.45, 2.75) is 6.54 Å². The lowest BCUT2D eigenvalue weighted by Crippen LogP contribution is -2.49. The van der Waals surface area contributed by atoms with E-state index in [-0.39, 0.29) is 11.6 Å². The maximum atomic E-state index is 12.3. The fraction of sp³-hybridized carbons (Fsp3) is 0.312. The number of halogens is 1. The minimum Gasteiger partial charge on any atom is -0.478 e. The Kier molecular flexibility index (Phi) is 4.82. The molecule has 0 spiro atoms. The Bertz CT molecular complexity index is 736. The van der Waals surface area contributed by atoms with Gasteiger partial charge in [-0.05, 0) is 17.7 Å². The fourth-order valence-corrected chi connectivity index (χ4v) is 2.75. The van der Waals surface area contributed by atoms with Crippen molar-refractivity contribution in [3.63, 3.8) is 0 Å². The Morgan fingerprint density at radius 1 is 1.12 bits per heavy atom. The van der Waals surface area contributed by atoms with Gasteiger partial charge in [-0.25, -0.2) is 9.59 Å². The predicted octanol–water partition coefficient (Wildman–Crippen LogP) is 2.02. The molecule has 2 aromatic rings. The second kappa shape index (κ2) is 7.02. The molecule has 24 heavy (non-hydrogen) atoms. The smallest absolute Gasteiger partial charge is 0.344 e. The van der Waals surface area contributed by atoms with Crippen LogP contribution in [0.15, 0.2) is 36.7 Å². The number of carboxylic acids is 1. The Hall–Kier alpha value is -2.38. The largest absolute Gasteiger partial charge is 0.478 e. The van der Waals surface area contributed by atoms with Gasteiger partial charge in [0.05, 0.1) is 18.0 Å². The molecule has 1 fully saturated rings. The van der Waals surface area contributed by atoms with Crippen LogP contribution in [-0.2, 0) is 6.54 Å². The molecule has 1 saturated heterocycles. The third-order valence-electron chi connectivity index (χ3n) is 3.99. The first-order valence-corrected chi connectivity index (χ1v) is 7.95. The van der Waals surface area contributed by atoms with Crippen molar-refractivity contribution in [2.75, 3.05) is 26.2 Å². The van der Waals surface area contributed by atoms with Gasteiger partial charge in [-0.3, -0.25) is 4.90 Å². The molecule has 1 aromatic heterocycles. The first-order chi connectivity index (χ1) is 11.5. The second-order valence-corrected chi connectivity index (χ2v) is 6.09. The van der Waals surface area contributed by atoms with Gasteiger partial charge in [0, 0.05) is 37.7 Å². The zero-order valence-electron chi connectivity index (χ0n) is 12.9. The lowest BCUT2D eigenvalue weighted by molar-refractivity contribution is 0.0697. The Labute approximate surface area is 144 Å². The molecule has 1 amide bonds. The van der Waals surface area contributed by atoms with E-state index in [1.54, 1.807) is 4.90 Å². The molecular weight excluding hydrogens is 332 g/mol. The van der Waals surface area contributed by atoms with Gasteiger partial charge in [-0.15, -0.1) is 0 Å². The van der Waals surface area contributed by atoms with Gasteiger partial charge in [0.25, 0.3) is 0 Å². The molecule has 0 aliphatic carbocycles. The molecule has 0 unspecified atom stereocenters. The molecule has 2 heterocycles. The van der Waals surface area contributed by atoms with Crippen molar-refractivity contribution < 1.29 is 14.7 Å². The number of carboxylic acid groups (broad SMARTS) is 1. The molecule has 8 heteroatoms. The van der Waals surface area contributed by atoms with Gasteiger partial charge in [0.2, 0.25) is 0 Å². The van der Waals surface area contributed by atoms with Crippen LogP contribution in [0.1, 0.15) is 15.9 Å². The Balaban J connectivity index is 1.55. The zero-order chi connectivity index (χ0) is 17.1. The van der Waals surface area contributed by atoms with Crippen LogP contribution in [0.2, 0.25) is 5.02 Å². The molecule has 3 rings (SSSR count). The summed E-state index contributed by atoms with van der Waals surface area (Å²) in [5.74, 6) is -1.10. The summed E-state index contributed by atoms with van der Waals surface area (Å²) in [5.41, 5.74) is 1.18. The maximum absolute atomic E-state index is 12.3. The number of aromatic carboxylic acids is 1. The van der Waals surface area contributed by atoms with Gasteiger partial charge in [0.15, 0.2) is 0 Å². The highest BCUT2D eigenvalue weighted by Gasteiger charge is 2.23. The zero-order valence-corrected chi connectivity index (χ0v) is 13.7. The van der Waals surface area contributed by atoms with Crippen molar-refractivity contribution in [3.8, 4) is 0 Å². The van der Waals surface area contributed by atoms with Gasteiger partial charge in [0.1, 0.15) is 0 Å². The van der Waals surface area contributed by atoms with Crippen molar-refractivity contribution in [3.05, 3.63) is 52.8 Å². The summed E-state index contributed by atoms with van der Waals surface area (Å²) in [7, 11) is 0. The van der Waals surface area contributed by atoms with E-state index in [9.17, 15) is 9.59 Å². The lowest BCUT2D eigenvalue weighted by atomic mass is 10.2. The summed E-state index contributed by atoms with van der Waals surface area (Å²) in [4.78, 5) is 27.1. The standard InChI is InChI=1S/C16H17ClN4O3/c17-14-3-1-12(2-4-14)10-19-5-7-20(8-6-19)16(24)21-11-13(9-18-21)15(22)23/h1-4,9,11H,5-8,10H2,(H,22,23). The number of benzene rings is 1. The normalized spacial score (nSPS) is 15.5. The minimum atomic E-state index is -1.10. The van der Waals surface area contributed by atoms with Crippen LogP contribution in [0.4, 0.5) is 4.79 Å². The summed E-state index contributed by atoms with van der Waals surface area (Å²) in [5, 5.41) is 13.4. The third-order valence-corrected chi connectivity index (χ3v) is 4.24. The van der Waals surface area contributed by atoms with Gasteiger partial charge >= 0.3 is 12.0 Å². The van der Waals surface area contributed by atoms with Crippen molar-refractivity contribution in [2.24, 2.45) is 0 Å². The quantitative estimate of drug-likeness (QED) is 0.918. The topological polar surface area (TPSA) is 78.7 Å². The van der Waals surface area contributed by atoms with E-state index in [0.29, 0.717) is 18.1 Å². The minimum absolute atomic E-state index is 0.00437. The van der Waals surface area contributed by atoms with E-state index in [1.807, 2.05) is 24.3 Å². The number of rotatable bonds is 3. The van der Waals surface area contributed by atoms with Crippen molar-refractivity contribution >= 4 is 23.6 Å². The van der Waals surface area contributed by atoms with E-state index < -0.39 is 5.97 Å². The molecule has 126 valence electrons. The van der Waals surface area contributed by atoms with Gasteiger partial charge in [-0.2, -0.15) is 9.78 Å². The molecule has 7 nitrogen and oxygen atoms in total. The van der Waals surface area contributed by atoms with Crippen LogP contribution >= 0.6 is 11.6 Å². The number of nitrogens with zero attached hydrogens (tertiary/aromatic N) is 4. The Morgan fingerprint density at radius 3 is 2.38 bits per heavy atom. The van der Waals surface area contributed by atoms with Crippen LogP contribution in [0, 0.1) is 0 Å². The highest BCUT2D eigenvalue weighted by Crippen LogP contribution is 2.13. The van der Waals surface area contributed by atoms with Crippen LogP contribution in [0.3, 0.4) is 0 Å². The molecule has 1 N–H and O–H groups in total. The lowest BCUT2D eigenvalue weighted by Gasteiger charge is -2.34. The first kappa shape index (κ1) is 16.5. The van der Waals surface area contributed by atoms with Crippen LogP contribution in [0.25, 0.3) is 0 Å². The van der Waals surface area contributed by atoms with Crippen molar-refractivity contribution in [1.82, 2.24) is 19.6 Å². The van der Waals surface area contributed by atoms with E-state index in [1.165, 1.54) is 18.0 Å². The van der Waals surface area contributed by atoms with Gasteiger partial charge < -0.3 is 10.0 Å². The number of carbonyl (C=O) groups is 2. The monoisotopic (exact) mass is 348 g/mol. The molecular formula is C16H17ClN4O3. The number of hydrogen-bond donors (Lipinski definition) is 1. The molecule has 1 aliphatic heterocycles. The van der Waals surface area contributed by atoms with E-state index in [4.69, 9.17) is 16.7 Å². The number of hydrogen-bond acceptors (Lipinski definition) is 4. The van der Waals surface area contributed by atoms with Crippen molar-refractivity contribution in [1.29, 1.82) is 0 Å². The van der Waals surface area contributed by atoms with Gasteiger partial charge in [-0.1, -0.05) is 23.7 Å². The Morgan fingerprint density at radius 2 is 1.79 bits per heavy atom. The van der Waals surface area contributed by atoms with E-state index in [0.717, 1.165) is 24.3 Å². The van der Waals surface area contributed by atoms with Crippen LogP contribution < -0.4 is 0 Å². The summed E-state index contributed by atoms with van der Waals surface area (Å²) in [6, 6.07) is 7.44. The number of piperazine rings is 1. The summed E-state index contributed by atoms with van der Waals surface area (Å²) in [6.45, 7) is 3.47. The molecule has 0 radical (unpaired) electrons. The number of carbonyl (C=O) groups excluding carboxylic acids is 1. The number of aromatic nitrogens is 2. The molecule has 0 saturated carbocycles. The SMILES string of the molecule is O=C(O)c1cnn(C(=O)N2CCN(Cc3ccc(Cl)cc3)CC2)c1. The third kappa shape index (κ3) is 3.74. The highest BCUT2D eigenvalue weighted by molar-refractivity contribution is 6.30. The van der Waals surface area contributed by atoms with E-state index >= 15 is 0 Å². The fourth-order valence-electron chi connectivity index (χ4n) is 2.63. The predicted molar refractivity (Wildman–Crippen MR) is 88.3 cm³/mol. The first-order valence-electron chi connectivity index (χ1n) is 7.57.